The molecule has 0 amide bonds. The zero-order valence-electron chi connectivity index (χ0n) is 3.40. The van der Waals surface area contributed by atoms with E-state index in [4.69, 9.17) is 5.26 Å². The zero-order chi connectivity index (χ0) is 4.99. The van der Waals surface area contributed by atoms with Gasteiger partial charge < -0.3 is 0 Å². The second-order valence-electron chi connectivity index (χ2n) is 0.904. The summed E-state index contributed by atoms with van der Waals surface area (Å²) < 4.78 is 0. The van der Waals surface area contributed by atoms with Gasteiger partial charge in [0.1, 0.15) is 0 Å². The van der Waals surface area contributed by atoms with E-state index >= 15 is 0 Å². The van der Waals surface area contributed by atoms with E-state index in [1.807, 2.05) is 6.07 Å². The average molecular weight is 146 g/mol. The van der Waals surface area contributed by atoms with E-state index in [-0.39, 0.29) is 0 Å². The molecular formula is C4H4BrN. The Balaban J connectivity index is 3.61. The Kier molecular flexibility index (Phi) is 2.78. The maximum absolute atomic E-state index is 7.99. The van der Waals surface area contributed by atoms with E-state index in [2.05, 4.69) is 15.9 Å². The van der Waals surface area contributed by atoms with Gasteiger partial charge in [-0.05, 0) is 11.9 Å². The fraction of sp³-hybridized carbons (Fsp3) is 0.250. The molecule has 0 saturated heterocycles. The fourth-order valence-corrected chi connectivity index (χ4v) is 0.127. The topological polar surface area (TPSA) is 23.8 Å². The van der Waals surface area contributed by atoms with E-state index in [0.717, 1.165) is 0 Å². The Hall–Kier alpha value is -0.290. The first-order valence-corrected chi connectivity index (χ1v) is 2.40. The molecule has 0 N–H and O–H groups in total. The van der Waals surface area contributed by atoms with Crippen molar-refractivity contribution in [2.24, 2.45) is 0 Å². The van der Waals surface area contributed by atoms with E-state index in [9.17, 15) is 0 Å². The number of nitrogens with zero attached hydrogens (tertiary/aromatic N) is 1. The third-order valence-electron chi connectivity index (χ3n) is 0.340. The lowest BCUT2D eigenvalue weighted by atomic mass is 10.4. The second kappa shape index (κ2) is 2.92. The van der Waals surface area contributed by atoms with Gasteiger partial charge in [0.05, 0.1) is 6.07 Å². The molecule has 2 heteroatoms. The van der Waals surface area contributed by atoms with Crippen molar-refractivity contribution in [3.63, 3.8) is 0 Å². The van der Waals surface area contributed by atoms with Gasteiger partial charge in [0.15, 0.2) is 0 Å². The summed E-state index contributed by atoms with van der Waals surface area (Å²) in [7, 11) is 0. The van der Waals surface area contributed by atoms with E-state index in [0.29, 0.717) is 5.57 Å². The third-order valence-corrected chi connectivity index (χ3v) is 1.03. The Labute approximate surface area is 45.4 Å². The van der Waals surface area contributed by atoms with E-state index in [1.165, 1.54) is 0 Å². The summed E-state index contributed by atoms with van der Waals surface area (Å²) in [5.41, 5.74) is 0.690. The predicted molar refractivity (Wildman–Crippen MR) is 28.3 cm³/mol. The van der Waals surface area contributed by atoms with Crippen LogP contribution in [0.4, 0.5) is 0 Å². The van der Waals surface area contributed by atoms with Crippen LogP contribution >= 0.6 is 15.9 Å². The van der Waals surface area contributed by atoms with Crippen LogP contribution in [0.1, 0.15) is 6.92 Å². The molecule has 0 spiro atoms. The van der Waals surface area contributed by atoms with Gasteiger partial charge in [-0.25, -0.2) is 0 Å². The number of allylic oxidation sites excluding steroid dienone is 1. The molecule has 0 rings (SSSR count). The summed E-state index contributed by atoms with van der Waals surface area (Å²) in [6.45, 7) is 1.73. The van der Waals surface area contributed by atoms with Gasteiger partial charge in [-0.3, -0.25) is 0 Å². The largest absolute Gasteiger partial charge is 0.193 e. The molecule has 0 aliphatic carbocycles. The Morgan fingerprint density at radius 3 is 2.50 bits per heavy atom. The zero-order valence-corrected chi connectivity index (χ0v) is 4.99. The standard InChI is InChI=1S/C4H4BrN/c1-4(2-5)3-6/h2H,1H3. The van der Waals surface area contributed by atoms with Crippen molar-refractivity contribution >= 4 is 15.9 Å². The van der Waals surface area contributed by atoms with Crippen molar-refractivity contribution in [3.05, 3.63) is 10.6 Å². The minimum atomic E-state index is 0.690. The molecule has 0 radical (unpaired) electrons. The minimum absolute atomic E-state index is 0.690. The molecule has 0 fully saturated rings. The highest BCUT2D eigenvalue weighted by atomic mass is 79.9. The van der Waals surface area contributed by atoms with E-state index < -0.39 is 0 Å². The summed E-state index contributed by atoms with van der Waals surface area (Å²) >= 11 is 2.99. The van der Waals surface area contributed by atoms with Crippen molar-refractivity contribution in [3.8, 4) is 6.07 Å². The SMILES string of the molecule is CC(C#N)=CBr. The monoisotopic (exact) mass is 145 g/mol. The highest BCUT2D eigenvalue weighted by Crippen LogP contribution is 1.91. The lowest BCUT2D eigenvalue weighted by molar-refractivity contribution is 1.46. The van der Waals surface area contributed by atoms with Crippen LogP contribution in [-0.2, 0) is 0 Å². The number of rotatable bonds is 0. The summed E-state index contributed by atoms with van der Waals surface area (Å²) in [6, 6.07) is 1.93. The molecule has 0 heterocycles. The Bertz CT molecular complexity index is 98.6. The van der Waals surface area contributed by atoms with Crippen LogP contribution in [0.25, 0.3) is 0 Å². The number of nitriles is 1. The molecule has 1 nitrogen and oxygen atoms in total. The van der Waals surface area contributed by atoms with Crippen molar-refractivity contribution in [1.82, 2.24) is 0 Å². The van der Waals surface area contributed by atoms with Crippen molar-refractivity contribution in [1.29, 1.82) is 5.26 Å². The first kappa shape index (κ1) is 5.71. The van der Waals surface area contributed by atoms with Crippen LogP contribution in [-0.4, -0.2) is 0 Å². The van der Waals surface area contributed by atoms with Crippen LogP contribution in [0.5, 0.6) is 0 Å². The molecule has 6 heavy (non-hydrogen) atoms. The molecule has 0 aliphatic heterocycles. The van der Waals surface area contributed by atoms with Gasteiger partial charge >= 0.3 is 0 Å². The van der Waals surface area contributed by atoms with Crippen LogP contribution in [0.3, 0.4) is 0 Å². The quantitative estimate of drug-likeness (QED) is 0.478. The molecule has 0 aromatic rings. The molecule has 0 aliphatic rings. The normalized spacial score (nSPS) is 10.5. The van der Waals surface area contributed by atoms with Crippen LogP contribution in [0.15, 0.2) is 10.6 Å². The predicted octanol–water partition coefficient (Wildman–Crippen LogP) is 1.81. The smallest absolute Gasteiger partial charge is 0.0949 e. The Morgan fingerprint density at radius 1 is 2.00 bits per heavy atom. The van der Waals surface area contributed by atoms with Crippen LogP contribution in [0.2, 0.25) is 0 Å². The Morgan fingerprint density at radius 2 is 2.50 bits per heavy atom. The molecule has 0 aromatic heterocycles. The van der Waals surface area contributed by atoms with Gasteiger partial charge in [-0.2, -0.15) is 5.26 Å². The summed E-state index contributed by atoms with van der Waals surface area (Å²) in [5, 5.41) is 7.99. The van der Waals surface area contributed by atoms with Crippen molar-refractivity contribution in [2.45, 2.75) is 6.92 Å². The van der Waals surface area contributed by atoms with Crippen molar-refractivity contribution < 1.29 is 0 Å². The first-order chi connectivity index (χ1) is 2.81. The highest BCUT2D eigenvalue weighted by Gasteiger charge is 1.72. The van der Waals surface area contributed by atoms with Gasteiger partial charge in [-0.1, -0.05) is 15.9 Å². The number of halogens is 1. The highest BCUT2D eigenvalue weighted by molar-refractivity contribution is 9.11. The summed E-state index contributed by atoms with van der Waals surface area (Å²) in [6.07, 6.45) is 0. The number of hydrogen-bond acceptors (Lipinski definition) is 1. The van der Waals surface area contributed by atoms with Gasteiger partial charge in [0, 0.05) is 5.57 Å². The first-order valence-electron chi connectivity index (χ1n) is 1.48. The molecule has 0 unspecified atom stereocenters. The number of hydrogen-bond donors (Lipinski definition) is 0. The fourth-order valence-electron chi connectivity index (χ4n) is 0.0244. The van der Waals surface area contributed by atoms with Crippen LogP contribution < -0.4 is 0 Å². The molecule has 32 valence electrons. The van der Waals surface area contributed by atoms with Gasteiger partial charge in [0.25, 0.3) is 0 Å². The second-order valence-corrected chi connectivity index (χ2v) is 1.36. The average Bonchev–Trinajstić information content (AvgIpc) is 1.65. The van der Waals surface area contributed by atoms with Gasteiger partial charge in [0.2, 0.25) is 0 Å². The van der Waals surface area contributed by atoms with Crippen molar-refractivity contribution in [2.75, 3.05) is 0 Å². The summed E-state index contributed by atoms with van der Waals surface area (Å²) in [4.78, 5) is 1.59. The minimum Gasteiger partial charge on any atom is -0.193 e. The lowest BCUT2D eigenvalue weighted by Crippen LogP contribution is -1.56. The maximum Gasteiger partial charge on any atom is 0.0949 e. The molecular weight excluding hydrogens is 142 g/mol. The molecule has 0 bridgehead atoms. The third kappa shape index (κ3) is 1.98. The van der Waals surface area contributed by atoms with E-state index in [1.54, 1.807) is 11.9 Å². The summed E-state index contributed by atoms with van der Waals surface area (Å²) in [5.74, 6) is 0. The van der Waals surface area contributed by atoms with Crippen LogP contribution in [0, 0.1) is 11.3 Å². The molecule has 0 atom stereocenters. The molecule has 0 saturated carbocycles. The lowest BCUT2D eigenvalue weighted by Gasteiger charge is -1.68. The maximum atomic E-state index is 7.99. The van der Waals surface area contributed by atoms with Gasteiger partial charge in [-0.15, -0.1) is 0 Å². The molecule has 0 aromatic carbocycles.